The van der Waals surface area contributed by atoms with Crippen LogP contribution in [0.4, 0.5) is 15.8 Å². The Morgan fingerprint density at radius 2 is 1.93 bits per heavy atom. The zero-order valence-electron chi connectivity index (χ0n) is 15.3. The average Bonchev–Trinajstić information content (AvgIpc) is 2.97. The first kappa shape index (κ1) is 20.0. The highest BCUT2D eigenvalue weighted by Gasteiger charge is 2.38. The first-order chi connectivity index (χ1) is 13.6. The zero-order valence-corrected chi connectivity index (χ0v) is 16.1. The molecule has 146 valence electrons. The fourth-order valence-electron chi connectivity index (χ4n) is 2.64. The van der Waals surface area contributed by atoms with Crippen molar-refractivity contribution in [3.63, 3.8) is 0 Å². The van der Waals surface area contributed by atoms with Crippen molar-refractivity contribution in [1.29, 1.82) is 0 Å². The summed E-state index contributed by atoms with van der Waals surface area (Å²) < 4.78 is 18.1. The molecule has 0 unspecified atom stereocenters. The number of methoxy groups -OCH3 is 1. The highest BCUT2D eigenvalue weighted by Crippen LogP contribution is 2.31. The van der Waals surface area contributed by atoms with E-state index >= 15 is 0 Å². The van der Waals surface area contributed by atoms with E-state index in [-0.39, 0.29) is 24.1 Å². The van der Waals surface area contributed by atoms with Crippen molar-refractivity contribution in [1.82, 2.24) is 4.90 Å². The third kappa shape index (κ3) is 5.17. The lowest BCUT2D eigenvalue weighted by Crippen LogP contribution is -2.35. The summed E-state index contributed by atoms with van der Waals surface area (Å²) in [5.74, 6) is -0.869. The summed E-state index contributed by atoms with van der Waals surface area (Å²) in [5, 5.41) is 2.66. The number of nitrogens with one attached hydrogen (secondary N) is 1. The quantitative estimate of drug-likeness (QED) is 0.772. The van der Waals surface area contributed by atoms with E-state index in [2.05, 4.69) is 10.3 Å². The van der Waals surface area contributed by atoms with E-state index in [0.717, 1.165) is 5.69 Å². The second-order valence-electron chi connectivity index (χ2n) is 6.08. The molecule has 0 aromatic heterocycles. The molecule has 1 aliphatic heterocycles. The molecular weight excluding hydrogens is 381 g/mol. The lowest BCUT2D eigenvalue weighted by Gasteiger charge is -2.15. The van der Waals surface area contributed by atoms with Gasteiger partial charge in [-0.05, 0) is 36.4 Å². The number of hydrogen-bond acceptors (Lipinski definition) is 5. The number of ether oxygens (including phenoxy) is 1. The summed E-state index contributed by atoms with van der Waals surface area (Å²) in [6.45, 7) is 0.735. The molecule has 28 heavy (non-hydrogen) atoms. The van der Waals surface area contributed by atoms with Crippen molar-refractivity contribution < 1.29 is 18.7 Å². The number of para-hydroxylation sites is 1. The van der Waals surface area contributed by atoms with E-state index in [0.29, 0.717) is 24.0 Å². The normalized spacial score (nSPS) is 17.9. The molecule has 2 aromatic rings. The highest BCUT2D eigenvalue weighted by atomic mass is 32.2. The van der Waals surface area contributed by atoms with Gasteiger partial charge in [0.15, 0.2) is 5.17 Å². The second-order valence-corrected chi connectivity index (χ2v) is 7.25. The van der Waals surface area contributed by atoms with Crippen molar-refractivity contribution in [2.24, 2.45) is 4.99 Å². The first-order valence-electron chi connectivity index (χ1n) is 8.73. The van der Waals surface area contributed by atoms with E-state index in [1.807, 2.05) is 30.3 Å². The number of amidine groups is 1. The Labute approximate surface area is 166 Å². The standard InChI is InChI=1S/C20H20FN3O3S/c1-27-12-11-24-19(26)17(28-20(24)23-15-5-3-2-4-6-15)13-18(25)22-16-9-7-14(21)8-10-16/h2-10,17H,11-13H2,1H3,(H,22,25)/t17-/m1/s1. The molecule has 8 heteroatoms. The van der Waals surface area contributed by atoms with Gasteiger partial charge in [0, 0.05) is 19.2 Å². The van der Waals surface area contributed by atoms with Crippen LogP contribution in [0.2, 0.25) is 0 Å². The lowest BCUT2D eigenvalue weighted by molar-refractivity contribution is -0.128. The van der Waals surface area contributed by atoms with Gasteiger partial charge in [0.2, 0.25) is 11.8 Å². The monoisotopic (exact) mass is 401 g/mol. The molecule has 1 aliphatic rings. The minimum absolute atomic E-state index is 0.00182. The summed E-state index contributed by atoms with van der Waals surface area (Å²) in [6.07, 6.45) is -0.00182. The topological polar surface area (TPSA) is 71.0 Å². The highest BCUT2D eigenvalue weighted by molar-refractivity contribution is 8.15. The van der Waals surface area contributed by atoms with Crippen LogP contribution >= 0.6 is 11.8 Å². The van der Waals surface area contributed by atoms with Crippen LogP contribution in [-0.2, 0) is 14.3 Å². The van der Waals surface area contributed by atoms with E-state index in [1.54, 1.807) is 12.0 Å². The molecule has 3 rings (SSSR count). The van der Waals surface area contributed by atoms with Crippen molar-refractivity contribution in [2.45, 2.75) is 11.7 Å². The van der Waals surface area contributed by atoms with Gasteiger partial charge in [-0.15, -0.1) is 0 Å². The molecule has 1 fully saturated rings. The number of benzene rings is 2. The predicted molar refractivity (Wildman–Crippen MR) is 108 cm³/mol. The average molecular weight is 401 g/mol. The Bertz CT molecular complexity index is 859. The number of rotatable bonds is 7. The van der Waals surface area contributed by atoms with E-state index < -0.39 is 5.25 Å². The molecular formula is C20H20FN3O3S. The third-order valence-electron chi connectivity index (χ3n) is 4.02. The van der Waals surface area contributed by atoms with E-state index in [4.69, 9.17) is 4.74 Å². The Balaban J connectivity index is 1.70. The smallest absolute Gasteiger partial charge is 0.242 e. The maximum absolute atomic E-state index is 13.0. The van der Waals surface area contributed by atoms with Gasteiger partial charge in [-0.3, -0.25) is 14.5 Å². The number of carbonyl (C=O) groups excluding carboxylic acids is 2. The van der Waals surface area contributed by atoms with Gasteiger partial charge in [0.1, 0.15) is 11.1 Å². The molecule has 1 N–H and O–H groups in total. The summed E-state index contributed by atoms with van der Waals surface area (Å²) >= 11 is 1.26. The van der Waals surface area contributed by atoms with Crippen molar-refractivity contribution >= 4 is 40.1 Å². The summed E-state index contributed by atoms with van der Waals surface area (Å²) in [4.78, 5) is 31.2. The number of thioether (sulfide) groups is 1. The Hall–Kier alpha value is -2.71. The number of halogens is 1. The number of hydrogen-bond donors (Lipinski definition) is 1. The second kappa shape index (κ2) is 9.48. The van der Waals surface area contributed by atoms with E-state index in [1.165, 1.54) is 36.0 Å². The summed E-state index contributed by atoms with van der Waals surface area (Å²) in [7, 11) is 1.56. The molecule has 0 radical (unpaired) electrons. The van der Waals surface area contributed by atoms with Gasteiger partial charge >= 0.3 is 0 Å². The van der Waals surface area contributed by atoms with Crippen LogP contribution in [0.1, 0.15) is 6.42 Å². The van der Waals surface area contributed by atoms with Gasteiger partial charge in [0.05, 0.1) is 18.8 Å². The predicted octanol–water partition coefficient (Wildman–Crippen LogP) is 3.43. The van der Waals surface area contributed by atoms with Crippen LogP contribution in [0.15, 0.2) is 59.6 Å². The fraction of sp³-hybridized carbons (Fsp3) is 0.250. The fourth-order valence-corrected chi connectivity index (χ4v) is 3.82. The number of nitrogens with zero attached hydrogens (tertiary/aromatic N) is 2. The van der Waals surface area contributed by atoms with Crippen molar-refractivity contribution in [2.75, 3.05) is 25.6 Å². The molecule has 0 bridgehead atoms. The minimum Gasteiger partial charge on any atom is -0.383 e. The third-order valence-corrected chi connectivity index (χ3v) is 5.19. The van der Waals surface area contributed by atoms with E-state index in [9.17, 15) is 14.0 Å². The first-order valence-corrected chi connectivity index (χ1v) is 9.61. The lowest BCUT2D eigenvalue weighted by atomic mass is 10.2. The number of carbonyl (C=O) groups is 2. The minimum atomic E-state index is -0.570. The molecule has 1 saturated heterocycles. The van der Waals surface area contributed by atoms with Crippen LogP contribution in [-0.4, -0.2) is 47.4 Å². The summed E-state index contributed by atoms with van der Waals surface area (Å²) in [6, 6.07) is 14.8. The number of amides is 2. The number of aliphatic imine (C=N–C) groups is 1. The van der Waals surface area contributed by atoms with Crippen molar-refractivity contribution in [3.8, 4) is 0 Å². The zero-order chi connectivity index (χ0) is 19.9. The van der Waals surface area contributed by atoms with Gasteiger partial charge in [-0.1, -0.05) is 30.0 Å². The maximum Gasteiger partial charge on any atom is 0.242 e. The van der Waals surface area contributed by atoms with Crippen LogP contribution in [0.3, 0.4) is 0 Å². The van der Waals surface area contributed by atoms with Crippen LogP contribution in [0, 0.1) is 5.82 Å². The Morgan fingerprint density at radius 3 is 2.61 bits per heavy atom. The molecule has 2 aromatic carbocycles. The van der Waals surface area contributed by atoms with Gasteiger partial charge in [0.25, 0.3) is 0 Å². The SMILES string of the molecule is COCCN1C(=O)[C@@H](CC(=O)Nc2ccc(F)cc2)SC1=Nc1ccccc1. The maximum atomic E-state index is 13.0. The van der Waals surface area contributed by atoms with Gasteiger partial charge in [-0.2, -0.15) is 0 Å². The molecule has 0 aliphatic carbocycles. The Morgan fingerprint density at radius 1 is 1.21 bits per heavy atom. The van der Waals surface area contributed by atoms with Crippen LogP contribution in [0.25, 0.3) is 0 Å². The largest absolute Gasteiger partial charge is 0.383 e. The molecule has 6 nitrogen and oxygen atoms in total. The Kier molecular flexibility index (Phi) is 6.78. The molecule has 1 heterocycles. The van der Waals surface area contributed by atoms with Gasteiger partial charge < -0.3 is 10.1 Å². The summed E-state index contributed by atoms with van der Waals surface area (Å²) in [5.41, 5.74) is 1.22. The molecule has 0 spiro atoms. The molecule has 1 atom stereocenters. The molecule has 0 saturated carbocycles. The van der Waals surface area contributed by atoms with Crippen LogP contribution in [0.5, 0.6) is 0 Å². The van der Waals surface area contributed by atoms with Crippen LogP contribution < -0.4 is 5.32 Å². The van der Waals surface area contributed by atoms with Crippen molar-refractivity contribution in [3.05, 3.63) is 60.4 Å². The molecule has 2 amide bonds. The van der Waals surface area contributed by atoms with Gasteiger partial charge in [-0.25, -0.2) is 9.38 Å². The number of anilines is 1.